The van der Waals surface area contributed by atoms with Crippen LogP contribution in [-0.4, -0.2) is 8.42 Å². The first-order chi connectivity index (χ1) is 9.31. The van der Waals surface area contributed by atoms with E-state index in [1.165, 1.54) is 6.07 Å². The molecule has 1 aromatic carbocycles. The molecule has 2 rings (SSSR count). The highest BCUT2D eigenvalue weighted by Gasteiger charge is 2.22. The van der Waals surface area contributed by atoms with Gasteiger partial charge in [0.15, 0.2) is 0 Å². The molecule has 0 aliphatic heterocycles. The zero-order valence-corrected chi connectivity index (χ0v) is 12.5. The monoisotopic (exact) mass is 294 g/mol. The fourth-order valence-corrected chi connectivity index (χ4v) is 3.52. The largest absolute Gasteiger partial charge is 0.466 e. The van der Waals surface area contributed by atoms with Gasteiger partial charge in [0.05, 0.1) is 5.69 Å². The lowest BCUT2D eigenvalue weighted by atomic mass is 10.1. The van der Waals surface area contributed by atoms with Crippen LogP contribution in [0.1, 0.15) is 30.0 Å². The van der Waals surface area contributed by atoms with Crippen LogP contribution in [0.5, 0.6) is 0 Å². The number of sulfonamides is 1. The third kappa shape index (κ3) is 2.86. The lowest BCUT2D eigenvalue weighted by Gasteiger charge is -2.14. The van der Waals surface area contributed by atoms with Gasteiger partial charge in [-0.1, -0.05) is 12.1 Å². The Morgan fingerprint density at radius 1 is 1.25 bits per heavy atom. The van der Waals surface area contributed by atoms with E-state index >= 15 is 0 Å². The molecule has 1 atom stereocenters. The quantitative estimate of drug-likeness (QED) is 0.848. The summed E-state index contributed by atoms with van der Waals surface area (Å²) in [6, 6.07) is 7.82. The number of nitrogens with two attached hydrogens (primary N) is 1. The molecule has 5 nitrogen and oxygen atoms in total. The fourth-order valence-electron chi connectivity index (χ4n) is 2.17. The number of anilines is 1. The molecule has 0 aliphatic carbocycles. The predicted molar refractivity (Wildman–Crippen MR) is 77.8 cm³/mol. The van der Waals surface area contributed by atoms with Gasteiger partial charge in [-0.2, -0.15) is 0 Å². The number of benzene rings is 1. The number of hydrogen-bond donors (Lipinski definition) is 2. The van der Waals surface area contributed by atoms with Gasteiger partial charge in [0.1, 0.15) is 16.4 Å². The van der Waals surface area contributed by atoms with Gasteiger partial charge in [-0.15, -0.1) is 0 Å². The Morgan fingerprint density at radius 3 is 2.45 bits per heavy atom. The molecule has 0 spiro atoms. The van der Waals surface area contributed by atoms with Gasteiger partial charge in [0, 0.05) is 11.6 Å². The predicted octanol–water partition coefficient (Wildman–Crippen LogP) is 2.52. The van der Waals surface area contributed by atoms with Crippen molar-refractivity contribution < 1.29 is 12.8 Å². The molecule has 0 radical (unpaired) electrons. The van der Waals surface area contributed by atoms with Crippen molar-refractivity contribution in [1.29, 1.82) is 0 Å². The highest BCUT2D eigenvalue weighted by atomic mass is 32.2. The van der Waals surface area contributed by atoms with Crippen LogP contribution in [0, 0.1) is 13.8 Å². The van der Waals surface area contributed by atoms with Crippen LogP contribution in [0.3, 0.4) is 0 Å². The Hall–Kier alpha value is -1.79. The summed E-state index contributed by atoms with van der Waals surface area (Å²) in [5, 5.41) is 0. The normalized spacial score (nSPS) is 13.3. The van der Waals surface area contributed by atoms with E-state index in [4.69, 9.17) is 10.2 Å². The Balaban J connectivity index is 2.29. The maximum absolute atomic E-state index is 12.3. The highest BCUT2D eigenvalue weighted by molar-refractivity contribution is 7.89. The van der Waals surface area contributed by atoms with Gasteiger partial charge in [0.2, 0.25) is 10.0 Å². The van der Waals surface area contributed by atoms with Gasteiger partial charge < -0.3 is 10.2 Å². The molecule has 2 aromatic rings. The Kier molecular flexibility index (Phi) is 3.87. The summed E-state index contributed by atoms with van der Waals surface area (Å²) < 4.78 is 32.7. The summed E-state index contributed by atoms with van der Waals surface area (Å²) in [5.41, 5.74) is 6.77. The molecule has 0 aliphatic rings. The number of nitrogens with one attached hydrogen (secondary N) is 1. The Morgan fingerprint density at radius 2 is 1.90 bits per heavy atom. The number of furan rings is 1. The molecule has 3 N–H and O–H groups in total. The van der Waals surface area contributed by atoms with E-state index in [0.717, 1.165) is 11.3 Å². The van der Waals surface area contributed by atoms with Crippen molar-refractivity contribution in [3.63, 3.8) is 0 Å². The summed E-state index contributed by atoms with van der Waals surface area (Å²) in [4.78, 5) is 0.0877. The molecule has 0 amide bonds. The van der Waals surface area contributed by atoms with Gasteiger partial charge >= 0.3 is 0 Å². The first-order valence-corrected chi connectivity index (χ1v) is 7.73. The lowest BCUT2D eigenvalue weighted by Crippen LogP contribution is -2.27. The molecule has 0 saturated carbocycles. The minimum absolute atomic E-state index is 0.0877. The summed E-state index contributed by atoms with van der Waals surface area (Å²) in [6.07, 6.45) is 0. The standard InChI is InChI=1S/C14H18N2O3S/c1-9-8-12(11(3)19-9)10(2)16-20(17,18)14-7-5-4-6-13(14)15/h4-8,10,16H,15H2,1-3H3. The molecule has 0 bridgehead atoms. The topological polar surface area (TPSA) is 85.3 Å². The number of para-hydroxylation sites is 1. The van der Waals surface area contributed by atoms with Crippen molar-refractivity contribution in [2.45, 2.75) is 31.7 Å². The van der Waals surface area contributed by atoms with Crippen molar-refractivity contribution in [2.75, 3.05) is 5.73 Å². The minimum Gasteiger partial charge on any atom is -0.466 e. The summed E-state index contributed by atoms with van der Waals surface area (Å²) in [7, 11) is -3.66. The first kappa shape index (κ1) is 14.6. The molecule has 0 fully saturated rings. The van der Waals surface area contributed by atoms with E-state index in [9.17, 15) is 8.42 Å². The first-order valence-electron chi connectivity index (χ1n) is 6.25. The van der Waals surface area contributed by atoms with E-state index in [1.807, 2.05) is 19.9 Å². The fraction of sp³-hybridized carbons (Fsp3) is 0.286. The average molecular weight is 294 g/mol. The van der Waals surface area contributed by atoms with Crippen LogP contribution in [-0.2, 0) is 10.0 Å². The maximum Gasteiger partial charge on any atom is 0.243 e. The molecular weight excluding hydrogens is 276 g/mol. The van der Waals surface area contributed by atoms with E-state index in [0.29, 0.717) is 5.76 Å². The third-order valence-corrected chi connectivity index (χ3v) is 4.70. The van der Waals surface area contributed by atoms with Crippen LogP contribution >= 0.6 is 0 Å². The zero-order chi connectivity index (χ0) is 14.9. The van der Waals surface area contributed by atoms with Gasteiger partial charge in [0.25, 0.3) is 0 Å². The van der Waals surface area contributed by atoms with Crippen molar-refractivity contribution in [1.82, 2.24) is 4.72 Å². The van der Waals surface area contributed by atoms with Crippen molar-refractivity contribution in [3.8, 4) is 0 Å². The molecule has 6 heteroatoms. The molecule has 1 heterocycles. The molecule has 108 valence electrons. The number of aryl methyl sites for hydroxylation is 2. The average Bonchev–Trinajstić information content (AvgIpc) is 2.68. The SMILES string of the molecule is Cc1cc(C(C)NS(=O)(=O)c2ccccc2N)c(C)o1. The van der Waals surface area contributed by atoms with E-state index in [1.54, 1.807) is 25.1 Å². The Labute approximate surface area is 118 Å². The number of hydrogen-bond acceptors (Lipinski definition) is 4. The number of rotatable bonds is 4. The summed E-state index contributed by atoms with van der Waals surface area (Å²) in [5.74, 6) is 1.46. The van der Waals surface area contributed by atoms with E-state index in [2.05, 4.69) is 4.72 Å². The van der Waals surface area contributed by atoms with Crippen LogP contribution < -0.4 is 10.5 Å². The second-order valence-corrected chi connectivity index (χ2v) is 6.43. The van der Waals surface area contributed by atoms with Gasteiger partial charge in [-0.3, -0.25) is 0 Å². The van der Waals surface area contributed by atoms with Gasteiger partial charge in [-0.25, -0.2) is 13.1 Å². The highest BCUT2D eigenvalue weighted by Crippen LogP contribution is 2.24. The van der Waals surface area contributed by atoms with Crippen LogP contribution in [0.25, 0.3) is 0 Å². The molecule has 20 heavy (non-hydrogen) atoms. The Bertz CT molecular complexity index is 720. The van der Waals surface area contributed by atoms with E-state index < -0.39 is 16.1 Å². The smallest absolute Gasteiger partial charge is 0.243 e. The summed E-state index contributed by atoms with van der Waals surface area (Å²) in [6.45, 7) is 5.41. The molecule has 1 unspecified atom stereocenters. The second-order valence-electron chi connectivity index (χ2n) is 4.75. The molecule has 1 aromatic heterocycles. The molecular formula is C14H18N2O3S. The maximum atomic E-state index is 12.3. The van der Waals surface area contributed by atoms with Crippen LogP contribution in [0.4, 0.5) is 5.69 Å². The van der Waals surface area contributed by atoms with Crippen molar-refractivity contribution in [3.05, 3.63) is 47.4 Å². The van der Waals surface area contributed by atoms with E-state index in [-0.39, 0.29) is 10.6 Å². The van der Waals surface area contributed by atoms with Crippen LogP contribution in [0.2, 0.25) is 0 Å². The summed E-state index contributed by atoms with van der Waals surface area (Å²) >= 11 is 0. The van der Waals surface area contributed by atoms with Gasteiger partial charge in [-0.05, 0) is 39.0 Å². The molecule has 0 saturated heterocycles. The van der Waals surface area contributed by atoms with Crippen molar-refractivity contribution in [2.24, 2.45) is 0 Å². The van der Waals surface area contributed by atoms with Crippen LogP contribution in [0.15, 0.2) is 39.6 Å². The zero-order valence-electron chi connectivity index (χ0n) is 11.7. The minimum atomic E-state index is -3.66. The number of nitrogen functional groups attached to an aromatic ring is 1. The lowest BCUT2D eigenvalue weighted by molar-refractivity contribution is 0.496. The van der Waals surface area contributed by atoms with Crippen molar-refractivity contribution >= 4 is 15.7 Å². The second kappa shape index (κ2) is 5.30. The third-order valence-electron chi connectivity index (χ3n) is 3.09.